The molecule has 0 saturated heterocycles. The molecule has 0 heterocycles. The number of hydrogen-bond acceptors (Lipinski definition) is 3. The van der Waals surface area contributed by atoms with Gasteiger partial charge in [-0.25, -0.2) is 4.39 Å². The summed E-state index contributed by atoms with van der Waals surface area (Å²) < 4.78 is 24.9. The van der Waals surface area contributed by atoms with E-state index in [-0.39, 0.29) is 12.5 Å². The summed E-state index contributed by atoms with van der Waals surface area (Å²) in [5, 5.41) is 8.92. The molecule has 0 fully saturated rings. The zero-order valence-electron chi connectivity index (χ0n) is 12.5. The molecule has 0 atom stereocenters. The first-order chi connectivity index (χ1) is 9.17. The minimum Gasteiger partial charge on any atom is -0.493 e. The summed E-state index contributed by atoms with van der Waals surface area (Å²) >= 11 is 0. The number of carboxylic acid groups (broad SMARTS) is 1. The zero-order chi connectivity index (χ0) is 15.5. The Morgan fingerprint density at radius 1 is 1.35 bits per heavy atom. The summed E-state index contributed by atoms with van der Waals surface area (Å²) in [6.45, 7) is 7.03. The van der Waals surface area contributed by atoms with Gasteiger partial charge in [-0.15, -0.1) is 0 Å². The number of rotatable bonds is 6. The van der Waals surface area contributed by atoms with Gasteiger partial charge in [0.25, 0.3) is 0 Å². The van der Waals surface area contributed by atoms with Gasteiger partial charge in [0.05, 0.1) is 19.6 Å². The Kier molecular flexibility index (Phi) is 4.98. The predicted octanol–water partition coefficient (Wildman–Crippen LogP) is 3.37. The molecule has 0 aliphatic carbocycles. The molecule has 0 aromatic heterocycles. The van der Waals surface area contributed by atoms with Gasteiger partial charge in [-0.1, -0.05) is 13.8 Å². The van der Waals surface area contributed by atoms with Crippen LogP contribution < -0.4 is 9.47 Å². The SMILES string of the molecule is COc1cc(C(C)(C)CC(=O)O)c(F)cc1OC(C)C. The predicted molar refractivity (Wildman–Crippen MR) is 74.0 cm³/mol. The molecule has 5 heteroatoms. The number of carboxylic acids is 1. The van der Waals surface area contributed by atoms with Crippen molar-refractivity contribution in [3.63, 3.8) is 0 Å². The lowest BCUT2D eigenvalue weighted by Gasteiger charge is -2.25. The van der Waals surface area contributed by atoms with Crippen LogP contribution in [0.25, 0.3) is 0 Å². The van der Waals surface area contributed by atoms with Crippen LogP contribution in [0.3, 0.4) is 0 Å². The summed E-state index contributed by atoms with van der Waals surface area (Å²) in [5.74, 6) is -0.757. The Morgan fingerprint density at radius 2 is 1.95 bits per heavy atom. The van der Waals surface area contributed by atoms with Gasteiger partial charge in [-0.05, 0) is 25.5 Å². The topological polar surface area (TPSA) is 55.8 Å². The van der Waals surface area contributed by atoms with Gasteiger partial charge in [-0.3, -0.25) is 4.79 Å². The number of hydrogen-bond donors (Lipinski definition) is 1. The standard InChI is InChI=1S/C15H21FO4/c1-9(2)20-13-7-11(16)10(6-12(13)19-5)15(3,4)8-14(17)18/h6-7,9H,8H2,1-5H3,(H,17,18). The smallest absolute Gasteiger partial charge is 0.304 e. The van der Waals surface area contributed by atoms with Crippen LogP contribution in [0.5, 0.6) is 11.5 Å². The Labute approximate surface area is 118 Å². The summed E-state index contributed by atoms with van der Waals surface area (Å²) in [4.78, 5) is 10.9. The third-order valence-electron chi connectivity index (χ3n) is 2.94. The minimum atomic E-state index is -0.976. The van der Waals surface area contributed by atoms with E-state index in [4.69, 9.17) is 14.6 Å². The van der Waals surface area contributed by atoms with Crippen molar-refractivity contribution < 1.29 is 23.8 Å². The van der Waals surface area contributed by atoms with Gasteiger partial charge in [0.15, 0.2) is 11.5 Å². The molecule has 0 radical (unpaired) electrons. The Balaban J connectivity index is 3.26. The number of benzene rings is 1. The van der Waals surface area contributed by atoms with E-state index in [0.717, 1.165) is 0 Å². The van der Waals surface area contributed by atoms with Crippen molar-refractivity contribution in [2.24, 2.45) is 0 Å². The average molecular weight is 284 g/mol. The quantitative estimate of drug-likeness (QED) is 0.870. The molecule has 1 aromatic rings. The van der Waals surface area contributed by atoms with Gasteiger partial charge in [0, 0.05) is 11.5 Å². The van der Waals surface area contributed by atoms with Crippen molar-refractivity contribution in [3.8, 4) is 11.5 Å². The highest BCUT2D eigenvalue weighted by atomic mass is 19.1. The zero-order valence-corrected chi connectivity index (χ0v) is 12.5. The molecule has 1 rings (SSSR count). The van der Waals surface area contributed by atoms with Crippen molar-refractivity contribution in [3.05, 3.63) is 23.5 Å². The van der Waals surface area contributed by atoms with Crippen LogP contribution in [0.2, 0.25) is 0 Å². The molecule has 0 saturated carbocycles. The molecule has 0 amide bonds. The van der Waals surface area contributed by atoms with Crippen LogP contribution in [0.1, 0.15) is 39.7 Å². The highest BCUT2D eigenvalue weighted by molar-refractivity contribution is 5.69. The van der Waals surface area contributed by atoms with Gasteiger partial charge in [-0.2, -0.15) is 0 Å². The molecule has 4 nitrogen and oxygen atoms in total. The maximum Gasteiger partial charge on any atom is 0.304 e. The second-order valence-electron chi connectivity index (χ2n) is 5.60. The molecule has 112 valence electrons. The van der Waals surface area contributed by atoms with Gasteiger partial charge < -0.3 is 14.6 Å². The molecular formula is C15H21FO4. The van der Waals surface area contributed by atoms with E-state index in [1.165, 1.54) is 19.2 Å². The summed E-state index contributed by atoms with van der Waals surface area (Å²) in [6, 6.07) is 2.76. The summed E-state index contributed by atoms with van der Waals surface area (Å²) in [5.41, 5.74) is -0.535. The van der Waals surface area contributed by atoms with Crippen molar-refractivity contribution in [2.75, 3.05) is 7.11 Å². The van der Waals surface area contributed by atoms with Gasteiger partial charge in [0.1, 0.15) is 5.82 Å². The van der Waals surface area contributed by atoms with E-state index < -0.39 is 17.2 Å². The van der Waals surface area contributed by atoms with E-state index in [1.807, 2.05) is 13.8 Å². The number of halogens is 1. The molecule has 0 aliphatic heterocycles. The molecule has 0 spiro atoms. The van der Waals surface area contributed by atoms with Crippen molar-refractivity contribution in [2.45, 2.75) is 45.6 Å². The van der Waals surface area contributed by atoms with E-state index in [9.17, 15) is 9.18 Å². The second-order valence-corrected chi connectivity index (χ2v) is 5.60. The van der Waals surface area contributed by atoms with Crippen LogP contribution in [-0.4, -0.2) is 24.3 Å². The lowest BCUT2D eigenvalue weighted by atomic mass is 9.81. The van der Waals surface area contributed by atoms with Crippen molar-refractivity contribution >= 4 is 5.97 Å². The van der Waals surface area contributed by atoms with Crippen LogP contribution in [-0.2, 0) is 10.2 Å². The monoisotopic (exact) mass is 284 g/mol. The van der Waals surface area contributed by atoms with Crippen LogP contribution in [0.4, 0.5) is 4.39 Å². The largest absolute Gasteiger partial charge is 0.493 e. The van der Waals surface area contributed by atoms with Gasteiger partial charge >= 0.3 is 5.97 Å². The highest BCUT2D eigenvalue weighted by Gasteiger charge is 2.29. The molecule has 0 aliphatic rings. The van der Waals surface area contributed by atoms with Crippen LogP contribution in [0, 0.1) is 5.82 Å². The molecule has 1 N–H and O–H groups in total. The molecule has 20 heavy (non-hydrogen) atoms. The lowest BCUT2D eigenvalue weighted by Crippen LogP contribution is -2.23. The first-order valence-electron chi connectivity index (χ1n) is 6.44. The average Bonchev–Trinajstić information content (AvgIpc) is 2.26. The minimum absolute atomic E-state index is 0.110. The van der Waals surface area contributed by atoms with Gasteiger partial charge in [0.2, 0.25) is 0 Å². The Hall–Kier alpha value is -1.78. The second kappa shape index (κ2) is 6.11. The van der Waals surface area contributed by atoms with Crippen LogP contribution in [0.15, 0.2) is 12.1 Å². The lowest BCUT2D eigenvalue weighted by molar-refractivity contribution is -0.138. The Morgan fingerprint density at radius 3 is 2.40 bits per heavy atom. The van der Waals surface area contributed by atoms with E-state index >= 15 is 0 Å². The first kappa shape index (κ1) is 16.3. The van der Waals surface area contributed by atoms with Crippen LogP contribution >= 0.6 is 0 Å². The van der Waals surface area contributed by atoms with Crippen molar-refractivity contribution in [1.82, 2.24) is 0 Å². The number of methoxy groups -OCH3 is 1. The fraction of sp³-hybridized carbons (Fsp3) is 0.533. The number of ether oxygens (including phenoxy) is 2. The fourth-order valence-electron chi connectivity index (χ4n) is 2.03. The summed E-state index contributed by atoms with van der Waals surface area (Å²) in [7, 11) is 1.47. The number of aliphatic carboxylic acids is 1. The first-order valence-corrected chi connectivity index (χ1v) is 6.44. The third-order valence-corrected chi connectivity index (χ3v) is 2.94. The summed E-state index contributed by atoms with van der Waals surface area (Å²) in [6.07, 6.45) is -0.279. The maximum atomic E-state index is 14.2. The Bertz CT molecular complexity index is 495. The molecule has 1 aromatic carbocycles. The van der Waals surface area contributed by atoms with E-state index in [1.54, 1.807) is 13.8 Å². The van der Waals surface area contributed by atoms with E-state index in [2.05, 4.69) is 0 Å². The third kappa shape index (κ3) is 3.85. The fourth-order valence-corrected chi connectivity index (χ4v) is 2.03. The maximum absolute atomic E-state index is 14.2. The highest BCUT2D eigenvalue weighted by Crippen LogP contribution is 2.37. The molecule has 0 bridgehead atoms. The normalized spacial score (nSPS) is 11.6. The molecular weight excluding hydrogens is 263 g/mol. The van der Waals surface area contributed by atoms with Crippen molar-refractivity contribution in [1.29, 1.82) is 0 Å². The molecule has 0 unspecified atom stereocenters. The number of carbonyl (C=O) groups is 1. The van der Waals surface area contributed by atoms with E-state index in [0.29, 0.717) is 17.1 Å².